The van der Waals surface area contributed by atoms with E-state index in [1.807, 2.05) is 43.3 Å². The molecule has 92 valence electrons. The number of rotatable bonds is 1. The van der Waals surface area contributed by atoms with E-state index in [-0.39, 0.29) is 12.1 Å². The van der Waals surface area contributed by atoms with Gasteiger partial charge in [-0.15, -0.1) is 0 Å². The minimum Gasteiger partial charge on any atom is -0.462 e. The number of fused-ring (bicyclic) bond motifs is 1. The van der Waals surface area contributed by atoms with Gasteiger partial charge in [0.1, 0.15) is 11.5 Å². The molecular formula is C14H14N2O2. The van der Waals surface area contributed by atoms with Crippen molar-refractivity contribution in [2.45, 2.75) is 13.1 Å². The number of hydrogen-bond donors (Lipinski definition) is 1. The number of carbonyl (C=O) groups is 1. The Morgan fingerprint density at radius 2 is 2.00 bits per heavy atom. The number of anilines is 1. The first-order valence-electron chi connectivity index (χ1n) is 5.86. The van der Waals surface area contributed by atoms with Crippen molar-refractivity contribution in [3.05, 3.63) is 53.5 Å². The smallest absolute Gasteiger partial charge is 0.257 e. The molecule has 0 spiro atoms. The average molecular weight is 242 g/mol. The van der Waals surface area contributed by atoms with Gasteiger partial charge in [-0.25, -0.2) is 0 Å². The molecule has 4 nitrogen and oxygen atoms in total. The lowest BCUT2D eigenvalue weighted by molar-refractivity contribution is 0.0718. The Kier molecular flexibility index (Phi) is 2.37. The number of para-hydroxylation sites is 1. The number of carbonyl (C=O) groups excluding carboxylic acids is 1. The summed E-state index contributed by atoms with van der Waals surface area (Å²) in [6.07, 6.45) is -0.249. The normalized spacial score (nSPS) is 18.4. The predicted molar refractivity (Wildman–Crippen MR) is 68.3 cm³/mol. The van der Waals surface area contributed by atoms with E-state index >= 15 is 0 Å². The van der Waals surface area contributed by atoms with Crippen molar-refractivity contribution < 1.29 is 9.21 Å². The summed E-state index contributed by atoms with van der Waals surface area (Å²) < 4.78 is 5.60. The van der Waals surface area contributed by atoms with Crippen molar-refractivity contribution in [2.24, 2.45) is 0 Å². The molecule has 0 saturated carbocycles. The van der Waals surface area contributed by atoms with Crippen LogP contribution in [0.15, 0.2) is 40.8 Å². The van der Waals surface area contributed by atoms with Crippen LogP contribution in [0, 0.1) is 6.92 Å². The van der Waals surface area contributed by atoms with Crippen LogP contribution in [-0.2, 0) is 0 Å². The fourth-order valence-electron chi connectivity index (χ4n) is 2.21. The van der Waals surface area contributed by atoms with E-state index < -0.39 is 0 Å². The molecule has 1 aromatic carbocycles. The van der Waals surface area contributed by atoms with Gasteiger partial charge in [0.25, 0.3) is 5.91 Å². The first kappa shape index (κ1) is 10.9. The summed E-state index contributed by atoms with van der Waals surface area (Å²) in [5, 5.41) is 3.32. The Hall–Kier alpha value is -2.23. The van der Waals surface area contributed by atoms with E-state index in [0.29, 0.717) is 5.56 Å². The number of amides is 1. The van der Waals surface area contributed by atoms with Crippen LogP contribution < -0.4 is 5.32 Å². The average Bonchev–Trinajstić information content (AvgIpc) is 2.80. The molecule has 1 amide bonds. The number of furan rings is 1. The molecule has 2 heterocycles. The summed E-state index contributed by atoms with van der Waals surface area (Å²) in [6.45, 7) is 1.89. The molecule has 2 aromatic rings. The van der Waals surface area contributed by atoms with E-state index in [9.17, 15) is 4.79 Å². The van der Waals surface area contributed by atoms with Crippen LogP contribution >= 0.6 is 0 Å². The Morgan fingerprint density at radius 3 is 2.72 bits per heavy atom. The molecule has 3 rings (SSSR count). The number of hydrogen-bond acceptors (Lipinski definition) is 3. The maximum Gasteiger partial charge on any atom is 0.257 e. The van der Waals surface area contributed by atoms with Crippen LogP contribution in [0.4, 0.5) is 5.69 Å². The molecular weight excluding hydrogens is 228 g/mol. The molecule has 0 saturated heterocycles. The van der Waals surface area contributed by atoms with Gasteiger partial charge in [0.15, 0.2) is 6.17 Å². The molecule has 1 aliphatic rings. The fraction of sp³-hybridized carbons (Fsp3) is 0.214. The summed E-state index contributed by atoms with van der Waals surface area (Å²) in [7, 11) is 1.77. The third-order valence-electron chi connectivity index (χ3n) is 3.19. The van der Waals surface area contributed by atoms with Crippen molar-refractivity contribution in [1.82, 2.24) is 4.90 Å². The van der Waals surface area contributed by atoms with E-state index in [2.05, 4.69) is 5.32 Å². The molecule has 0 unspecified atom stereocenters. The van der Waals surface area contributed by atoms with Gasteiger partial charge in [0.2, 0.25) is 0 Å². The summed E-state index contributed by atoms with van der Waals surface area (Å²) >= 11 is 0. The molecule has 0 fully saturated rings. The molecule has 18 heavy (non-hydrogen) atoms. The molecule has 1 N–H and O–H groups in total. The standard InChI is InChI=1S/C14H14N2O2/c1-9-7-8-12(18-9)13-15-11-6-4-3-5-10(11)14(17)16(13)2/h3-8,13,15H,1-2H3/t13-/m0/s1. The second-order valence-electron chi connectivity index (χ2n) is 4.46. The molecule has 1 atom stereocenters. The van der Waals surface area contributed by atoms with Crippen LogP contribution in [0.2, 0.25) is 0 Å². The lowest BCUT2D eigenvalue weighted by atomic mass is 10.1. The lowest BCUT2D eigenvalue weighted by Gasteiger charge is -2.33. The molecule has 1 aromatic heterocycles. The van der Waals surface area contributed by atoms with Crippen molar-refractivity contribution in [3.63, 3.8) is 0 Å². The largest absolute Gasteiger partial charge is 0.462 e. The Bertz CT molecular complexity index is 603. The second-order valence-corrected chi connectivity index (χ2v) is 4.46. The summed E-state index contributed by atoms with van der Waals surface area (Å²) in [5.74, 6) is 1.59. The SMILES string of the molecule is Cc1ccc([C@H]2Nc3ccccc3C(=O)N2C)o1. The summed E-state index contributed by atoms with van der Waals surface area (Å²) in [4.78, 5) is 13.9. The van der Waals surface area contributed by atoms with Gasteiger partial charge in [-0.1, -0.05) is 12.1 Å². The molecule has 1 aliphatic heterocycles. The molecule has 4 heteroatoms. The van der Waals surface area contributed by atoms with E-state index in [1.165, 1.54) is 0 Å². The summed E-state index contributed by atoms with van der Waals surface area (Å²) in [5.41, 5.74) is 1.54. The van der Waals surface area contributed by atoms with Gasteiger partial charge in [-0.3, -0.25) is 4.79 Å². The molecule has 0 bridgehead atoms. The fourth-order valence-corrected chi connectivity index (χ4v) is 2.21. The first-order chi connectivity index (χ1) is 8.66. The van der Waals surface area contributed by atoms with Crippen molar-refractivity contribution in [2.75, 3.05) is 12.4 Å². The zero-order chi connectivity index (χ0) is 12.7. The lowest BCUT2D eigenvalue weighted by Crippen LogP contribution is -2.39. The second kappa shape index (κ2) is 3.91. The van der Waals surface area contributed by atoms with Gasteiger partial charge in [0.05, 0.1) is 5.56 Å². The highest BCUT2D eigenvalue weighted by Gasteiger charge is 2.31. The maximum atomic E-state index is 12.3. The van der Waals surface area contributed by atoms with E-state index in [0.717, 1.165) is 17.2 Å². The number of nitrogens with zero attached hydrogens (tertiary/aromatic N) is 1. The third-order valence-corrected chi connectivity index (χ3v) is 3.19. The highest BCUT2D eigenvalue weighted by atomic mass is 16.3. The zero-order valence-corrected chi connectivity index (χ0v) is 10.3. The quantitative estimate of drug-likeness (QED) is 0.836. The van der Waals surface area contributed by atoms with E-state index in [4.69, 9.17) is 4.42 Å². The predicted octanol–water partition coefficient (Wildman–Crippen LogP) is 2.78. The van der Waals surface area contributed by atoms with Gasteiger partial charge in [-0.05, 0) is 31.2 Å². The molecule has 0 aliphatic carbocycles. The van der Waals surface area contributed by atoms with Crippen LogP contribution in [0.25, 0.3) is 0 Å². The number of benzene rings is 1. The van der Waals surface area contributed by atoms with Gasteiger partial charge in [-0.2, -0.15) is 0 Å². The maximum absolute atomic E-state index is 12.3. The zero-order valence-electron chi connectivity index (χ0n) is 10.3. The van der Waals surface area contributed by atoms with E-state index in [1.54, 1.807) is 11.9 Å². The van der Waals surface area contributed by atoms with Crippen molar-refractivity contribution in [3.8, 4) is 0 Å². The minimum absolute atomic E-state index is 0.00315. The van der Waals surface area contributed by atoms with Gasteiger partial charge >= 0.3 is 0 Å². The highest BCUT2D eigenvalue weighted by Crippen LogP contribution is 2.32. The van der Waals surface area contributed by atoms with Crippen LogP contribution in [-0.4, -0.2) is 17.9 Å². The topological polar surface area (TPSA) is 45.5 Å². The number of nitrogens with one attached hydrogen (secondary N) is 1. The Balaban J connectivity index is 2.03. The van der Waals surface area contributed by atoms with Crippen molar-refractivity contribution >= 4 is 11.6 Å². The third kappa shape index (κ3) is 1.57. The Labute approximate surface area is 105 Å². The van der Waals surface area contributed by atoms with Gasteiger partial charge in [0, 0.05) is 12.7 Å². The van der Waals surface area contributed by atoms with Gasteiger partial charge < -0.3 is 14.6 Å². The van der Waals surface area contributed by atoms with Crippen molar-refractivity contribution in [1.29, 1.82) is 0 Å². The number of aryl methyl sites for hydroxylation is 1. The minimum atomic E-state index is -0.249. The molecule has 0 radical (unpaired) electrons. The summed E-state index contributed by atoms with van der Waals surface area (Å²) in [6, 6.07) is 11.3. The highest BCUT2D eigenvalue weighted by molar-refractivity contribution is 6.01. The van der Waals surface area contributed by atoms with Crippen LogP contribution in [0.3, 0.4) is 0 Å². The monoisotopic (exact) mass is 242 g/mol. The van der Waals surface area contributed by atoms with Crippen LogP contribution in [0.1, 0.15) is 28.0 Å². The first-order valence-corrected chi connectivity index (χ1v) is 5.86. The Morgan fingerprint density at radius 1 is 1.22 bits per heavy atom. The van der Waals surface area contributed by atoms with Crippen LogP contribution in [0.5, 0.6) is 0 Å².